The fraction of sp³-hybridized carbons (Fsp3) is 0.0370. The van der Waals surface area contributed by atoms with Gasteiger partial charge in [0.25, 0.3) is 11.8 Å². The molecule has 184 valence electrons. The molecule has 0 bridgehead atoms. The molecule has 8 nitrogen and oxygen atoms in total. The first kappa shape index (κ1) is 24.4. The van der Waals surface area contributed by atoms with Gasteiger partial charge < -0.3 is 20.7 Å². The maximum absolute atomic E-state index is 12.9. The number of rotatable bonds is 7. The van der Waals surface area contributed by atoms with Gasteiger partial charge in [-0.3, -0.25) is 9.59 Å². The summed E-state index contributed by atoms with van der Waals surface area (Å²) in [4.78, 5) is 44.8. The van der Waals surface area contributed by atoms with E-state index in [-0.39, 0.29) is 17.2 Å². The van der Waals surface area contributed by atoms with E-state index in [0.717, 1.165) is 26.7 Å². The van der Waals surface area contributed by atoms with Gasteiger partial charge in [-0.15, -0.1) is 11.3 Å². The van der Waals surface area contributed by atoms with Crippen LogP contribution in [0.5, 0.6) is 0 Å². The number of hydrogen-bond donors (Lipinski definition) is 4. The third-order valence-electron chi connectivity index (χ3n) is 5.75. The van der Waals surface area contributed by atoms with Crippen molar-refractivity contribution in [1.29, 1.82) is 0 Å². The van der Waals surface area contributed by atoms with Crippen molar-refractivity contribution in [2.75, 3.05) is 0 Å². The largest absolute Gasteiger partial charge is 0.477 e. The number of aliphatic carboxylic acids is 1. The Balaban J connectivity index is 1.29. The number of benzene rings is 3. The van der Waals surface area contributed by atoms with Gasteiger partial charge in [0.2, 0.25) is 0 Å². The Hall–Kier alpha value is -4.28. The van der Waals surface area contributed by atoms with Crippen LogP contribution in [0, 0.1) is 0 Å². The smallest absolute Gasteiger partial charge is 0.352 e. The summed E-state index contributed by atoms with van der Waals surface area (Å²) >= 11 is 4.78. The molecule has 0 atom stereocenters. The molecule has 2 heterocycles. The summed E-state index contributed by atoms with van der Waals surface area (Å²) in [6.45, 7) is 0.341. The molecule has 0 aliphatic rings. The lowest BCUT2D eigenvalue weighted by Gasteiger charge is -2.10. The molecule has 0 spiro atoms. The number of nitrogens with one attached hydrogen (secondary N) is 3. The van der Waals surface area contributed by atoms with Crippen LogP contribution < -0.4 is 10.6 Å². The lowest BCUT2D eigenvalue weighted by molar-refractivity contribution is -0.132. The molecule has 0 fully saturated rings. The number of amides is 2. The van der Waals surface area contributed by atoms with Crippen LogP contribution in [0.4, 0.5) is 0 Å². The second kappa shape index (κ2) is 10.4. The van der Waals surface area contributed by atoms with Crippen molar-refractivity contribution in [2.45, 2.75) is 6.54 Å². The zero-order valence-electron chi connectivity index (χ0n) is 19.1. The lowest BCUT2D eigenvalue weighted by atomic mass is 10.1. The third kappa shape index (κ3) is 5.30. The van der Waals surface area contributed by atoms with Crippen molar-refractivity contribution >= 4 is 72.2 Å². The number of carboxylic acid groups (broad SMARTS) is 1. The molecule has 0 aliphatic heterocycles. The molecule has 5 rings (SSSR count). The molecule has 2 amide bonds. The van der Waals surface area contributed by atoms with Crippen LogP contribution in [-0.2, 0) is 11.3 Å². The number of aromatic amines is 1. The van der Waals surface area contributed by atoms with Crippen LogP contribution in [-0.4, -0.2) is 32.9 Å². The van der Waals surface area contributed by atoms with Gasteiger partial charge in [0.1, 0.15) is 5.70 Å². The Labute approximate surface area is 223 Å². The molecule has 0 unspecified atom stereocenters. The topological polar surface area (TPSA) is 124 Å². The van der Waals surface area contributed by atoms with E-state index in [0.29, 0.717) is 22.1 Å². The molecule has 4 N–H and O–H groups in total. The monoisotopic (exact) mass is 574 g/mol. The van der Waals surface area contributed by atoms with Crippen LogP contribution in [0.25, 0.3) is 27.2 Å². The SMILES string of the molecule is O=C(O)/C(=C/c1ccc2ncsc2c1)NC(=O)c1ccc(C(=O)NCc2cccc3[nH]ccc23)cc1Br. The Morgan fingerprint density at radius 3 is 2.73 bits per heavy atom. The Morgan fingerprint density at radius 2 is 1.92 bits per heavy atom. The van der Waals surface area contributed by atoms with Gasteiger partial charge in [0, 0.05) is 33.7 Å². The van der Waals surface area contributed by atoms with E-state index in [1.807, 2.05) is 36.5 Å². The number of nitrogens with zero attached hydrogens (tertiary/aromatic N) is 1. The molecule has 3 aromatic carbocycles. The summed E-state index contributed by atoms with van der Waals surface area (Å²) in [5.74, 6) is -2.20. The maximum atomic E-state index is 12.9. The highest BCUT2D eigenvalue weighted by Gasteiger charge is 2.18. The first-order chi connectivity index (χ1) is 17.9. The van der Waals surface area contributed by atoms with Crippen molar-refractivity contribution in [2.24, 2.45) is 0 Å². The normalized spacial score (nSPS) is 11.5. The highest BCUT2D eigenvalue weighted by Crippen LogP contribution is 2.22. The van der Waals surface area contributed by atoms with Crippen LogP contribution in [0.2, 0.25) is 0 Å². The number of halogens is 1. The first-order valence-electron chi connectivity index (χ1n) is 11.1. The zero-order chi connectivity index (χ0) is 25.9. The minimum atomic E-state index is -1.28. The average molecular weight is 575 g/mol. The van der Waals surface area contributed by atoms with Crippen molar-refractivity contribution in [1.82, 2.24) is 20.6 Å². The van der Waals surface area contributed by atoms with E-state index >= 15 is 0 Å². The number of fused-ring (bicyclic) bond motifs is 2. The van der Waals surface area contributed by atoms with Crippen molar-refractivity contribution in [3.05, 3.63) is 105 Å². The summed E-state index contributed by atoms with van der Waals surface area (Å²) in [5.41, 5.74) is 5.39. The second-order valence-electron chi connectivity index (χ2n) is 8.13. The molecular weight excluding hydrogens is 556 g/mol. The van der Waals surface area contributed by atoms with Gasteiger partial charge in [-0.25, -0.2) is 9.78 Å². The molecule has 0 saturated carbocycles. The Kier molecular flexibility index (Phi) is 6.85. The predicted molar refractivity (Wildman–Crippen MR) is 146 cm³/mol. The fourth-order valence-corrected chi connectivity index (χ4v) is 5.18. The van der Waals surface area contributed by atoms with E-state index in [1.54, 1.807) is 17.6 Å². The lowest BCUT2D eigenvalue weighted by Crippen LogP contribution is -2.28. The summed E-state index contributed by atoms with van der Waals surface area (Å²) in [5, 5.41) is 16.0. The number of aromatic nitrogens is 2. The van der Waals surface area contributed by atoms with Crippen molar-refractivity contribution < 1.29 is 19.5 Å². The molecule has 0 radical (unpaired) electrons. The molecular formula is C27H19BrN4O4S. The molecule has 0 aliphatic carbocycles. The number of H-pyrrole nitrogens is 1. The summed E-state index contributed by atoms with van der Waals surface area (Å²) < 4.78 is 1.27. The van der Waals surface area contributed by atoms with Gasteiger partial charge in [0.05, 0.1) is 21.3 Å². The number of carbonyl (C=O) groups is 3. The highest BCUT2D eigenvalue weighted by molar-refractivity contribution is 9.10. The maximum Gasteiger partial charge on any atom is 0.352 e. The zero-order valence-corrected chi connectivity index (χ0v) is 21.5. The fourth-order valence-electron chi connectivity index (χ4n) is 3.89. The van der Waals surface area contributed by atoms with Gasteiger partial charge in [-0.2, -0.15) is 0 Å². The van der Waals surface area contributed by atoms with E-state index in [4.69, 9.17) is 0 Å². The van der Waals surface area contributed by atoms with Crippen LogP contribution in [0.15, 0.2) is 82.5 Å². The number of carboxylic acids is 1. The summed E-state index contributed by atoms with van der Waals surface area (Å²) in [6.07, 6.45) is 3.24. The van der Waals surface area contributed by atoms with Gasteiger partial charge in [-0.1, -0.05) is 18.2 Å². The van der Waals surface area contributed by atoms with Crippen LogP contribution in [0.1, 0.15) is 31.8 Å². The van der Waals surface area contributed by atoms with E-state index in [1.165, 1.54) is 35.6 Å². The van der Waals surface area contributed by atoms with Gasteiger partial charge >= 0.3 is 5.97 Å². The minimum absolute atomic E-state index is 0.193. The first-order valence-corrected chi connectivity index (χ1v) is 12.8. The number of hydrogen-bond acceptors (Lipinski definition) is 5. The van der Waals surface area contributed by atoms with Gasteiger partial charge in [0.15, 0.2) is 0 Å². The molecule has 2 aromatic heterocycles. The predicted octanol–water partition coefficient (Wildman–Crippen LogP) is 5.33. The van der Waals surface area contributed by atoms with Crippen LogP contribution >= 0.6 is 27.3 Å². The minimum Gasteiger partial charge on any atom is -0.477 e. The Morgan fingerprint density at radius 1 is 1.05 bits per heavy atom. The van der Waals surface area contributed by atoms with Crippen LogP contribution in [0.3, 0.4) is 0 Å². The Bertz CT molecular complexity index is 1710. The second-order valence-corrected chi connectivity index (χ2v) is 9.87. The van der Waals surface area contributed by atoms with E-state index in [2.05, 4.69) is 36.5 Å². The summed E-state index contributed by atoms with van der Waals surface area (Å²) in [7, 11) is 0. The number of carbonyl (C=O) groups excluding carboxylic acids is 2. The summed E-state index contributed by atoms with van der Waals surface area (Å²) in [6, 6.07) is 17.6. The molecule has 5 aromatic rings. The highest BCUT2D eigenvalue weighted by atomic mass is 79.9. The quantitative estimate of drug-likeness (QED) is 0.196. The molecule has 37 heavy (non-hydrogen) atoms. The van der Waals surface area contributed by atoms with Crippen molar-refractivity contribution in [3.63, 3.8) is 0 Å². The number of thiazole rings is 1. The van der Waals surface area contributed by atoms with Gasteiger partial charge in [-0.05, 0) is 75.6 Å². The standard InChI is InChI=1S/C27H19BrN4O4S/c28-20-12-16(25(33)30-13-17-2-1-3-21-18(17)8-9-29-21)5-6-19(20)26(34)32-23(27(35)36)10-15-4-7-22-24(11-15)37-14-31-22/h1-12,14,29H,13H2,(H,30,33)(H,32,34)(H,35,36)/b23-10-. The van der Waals surface area contributed by atoms with E-state index < -0.39 is 11.9 Å². The third-order valence-corrected chi connectivity index (χ3v) is 7.19. The molecule has 10 heteroatoms. The molecule has 0 saturated heterocycles. The average Bonchev–Trinajstić information content (AvgIpc) is 3.56. The van der Waals surface area contributed by atoms with Crippen molar-refractivity contribution in [3.8, 4) is 0 Å². The van der Waals surface area contributed by atoms with E-state index in [9.17, 15) is 19.5 Å².